The molecule has 1 atom stereocenters. The van der Waals surface area contributed by atoms with Crippen molar-refractivity contribution in [2.24, 2.45) is 0 Å². The monoisotopic (exact) mass is 437 g/mol. The van der Waals surface area contributed by atoms with Gasteiger partial charge in [0.05, 0.1) is 25.4 Å². The van der Waals surface area contributed by atoms with Crippen LogP contribution in [0.1, 0.15) is 28.4 Å². The molecule has 0 aliphatic carbocycles. The fraction of sp³-hybridized carbons (Fsp3) is 0.179. The van der Waals surface area contributed by atoms with E-state index in [0.717, 1.165) is 34.7 Å². The number of nitrogens with one attached hydrogen (secondary N) is 1. The molecule has 5 heteroatoms. The van der Waals surface area contributed by atoms with E-state index >= 15 is 0 Å². The van der Waals surface area contributed by atoms with Gasteiger partial charge in [0.25, 0.3) is 0 Å². The third-order valence-corrected chi connectivity index (χ3v) is 6.19. The van der Waals surface area contributed by atoms with Gasteiger partial charge in [-0.05, 0) is 53.4 Å². The molecule has 1 unspecified atom stereocenters. The van der Waals surface area contributed by atoms with E-state index in [4.69, 9.17) is 4.74 Å². The number of nitrogens with zero attached hydrogens (tertiary/aromatic N) is 2. The summed E-state index contributed by atoms with van der Waals surface area (Å²) in [6.45, 7) is 1.10. The van der Waals surface area contributed by atoms with Crippen LogP contribution in [-0.4, -0.2) is 29.2 Å². The zero-order valence-electron chi connectivity index (χ0n) is 18.6. The molecule has 0 spiro atoms. The summed E-state index contributed by atoms with van der Waals surface area (Å²) in [6, 6.07) is 30.3. The van der Waals surface area contributed by atoms with Crippen molar-refractivity contribution in [2.75, 3.05) is 13.7 Å². The summed E-state index contributed by atoms with van der Waals surface area (Å²) in [5, 5.41) is 3.16. The first-order chi connectivity index (χ1) is 16.2. The van der Waals surface area contributed by atoms with Crippen molar-refractivity contribution in [1.29, 1.82) is 0 Å². The Morgan fingerprint density at radius 2 is 1.70 bits per heavy atom. The van der Waals surface area contributed by atoms with Crippen molar-refractivity contribution >= 4 is 6.03 Å². The van der Waals surface area contributed by atoms with Gasteiger partial charge in [-0.25, -0.2) is 4.79 Å². The van der Waals surface area contributed by atoms with Crippen LogP contribution in [0.4, 0.5) is 4.79 Å². The van der Waals surface area contributed by atoms with Crippen LogP contribution in [0.15, 0.2) is 97.2 Å². The lowest BCUT2D eigenvalue weighted by atomic mass is 10.0. The predicted molar refractivity (Wildman–Crippen MR) is 130 cm³/mol. The van der Waals surface area contributed by atoms with Crippen LogP contribution >= 0.6 is 0 Å². The molecule has 33 heavy (non-hydrogen) atoms. The zero-order valence-corrected chi connectivity index (χ0v) is 18.6. The number of carbonyl (C=O) groups is 1. The third-order valence-electron chi connectivity index (χ3n) is 6.19. The first-order valence-electron chi connectivity index (χ1n) is 11.2. The van der Waals surface area contributed by atoms with Crippen molar-refractivity contribution in [3.05, 3.63) is 120 Å². The molecule has 2 heterocycles. The maximum Gasteiger partial charge on any atom is 0.318 e. The normalized spacial score (nSPS) is 14.7. The van der Waals surface area contributed by atoms with E-state index in [-0.39, 0.29) is 12.1 Å². The van der Waals surface area contributed by atoms with Gasteiger partial charge in [-0.1, -0.05) is 60.7 Å². The number of fused-ring (bicyclic) bond motifs is 3. The fourth-order valence-electron chi connectivity index (χ4n) is 4.54. The second-order valence-electron chi connectivity index (χ2n) is 8.20. The molecule has 4 aromatic rings. The van der Waals surface area contributed by atoms with Crippen LogP contribution in [0.5, 0.6) is 5.75 Å². The molecule has 1 aromatic heterocycles. The van der Waals surface area contributed by atoms with Gasteiger partial charge >= 0.3 is 6.03 Å². The van der Waals surface area contributed by atoms with E-state index in [0.29, 0.717) is 13.1 Å². The Kier molecular flexibility index (Phi) is 5.85. The molecular weight excluding hydrogens is 410 g/mol. The Bertz CT molecular complexity index is 1230. The summed E-state index contributed by atoms with van der Waals surface area (Å²) in [6.07, 6.45) is 2.86. The average Bonchev–Trinajstić information content (AvgIpc) is 3.29. The Morgan fingerprint density at radius 3 is 2.48 bits per heavy atom. The van der Waals surface area contributed by atoms with Gasteiger partial charge in [0.15, 0.2) is 0 Å². The Hall–Kier alpha value is -3.99. The number of amides is 2. The fourth-order valence-corrected chi connectivity index (χ4v) is 4.54. The summed E-state index contributed by atoms with van der Waals surface area (Å²) in [7, 11) is 1.66. The SMILES string of the molecule is COc1ccc(C2c3cccn3-c3ccccc3CN2C(=O)NCCc2ccccc2)cc1. The molecule has 1 aliphatic rings. The van der Waals surface area contributed by atoms with E-state index in [9.17, 15) is 4.79 Å². The number of ether oxygens (including phenoxy) is 1. The summed E-state index contributed by atoms with van der Waals surface area (Å²) in [5.41, 5.74) is 5.53. The topological polar surface area (TPSA) is 46.5 Å². The average molecular weight is 438 g/mol. The van der Waals surface area contributed by atoms with Gasteiger partial charge in [0, 0.05) is 18.4 Å². The number of urea groups is 1. The molecule has 0 bridgehead atoms. The second-order valence-corrected chi connectivity index (χ2v) is 8.20. The molecule has 1 aliphatic heterocycles. The van der Waals surface area contributed by atoms with Crippen molar-refractivity contribution in [1.82, 2.24) is 14.8 Å². The van der Waals surface area contributed by atoms with Crippen LogP contribution in [0, 0.1) is 0 Å². The summed E-state index contributed by atoms with van der Waals surface area (Å²) in [4.78, 5) is 15.5. The van der Waals surface area contributed by atoms with Crippen LogP contribution in [-0.2, 0) is 13.0 Å². The highest BCUT2D eigenvalue weighted by Gasteiger charge is 2.32. The van der Waals surface area contributed by atoms with Crippen LogP contribution < -0.4 is 10.1 Å². The number of hydrogen-bond donors (Lipinski definition) is 1. The van der Waals surface area contributed by atoms with Gasteiger partial charge < -0.3 is 19.5 Å². The molecule has 1 N–H and O–H groups in total. The lowest BCUT2D eigenvalue weighted by Crippen LogP contribution is -2.42. The quantitative estimate of drug-likeness (QED) is 0.458. The molecule has 3 aromatic carbocycles. The van der Waals surface area contributed by atoms with Gasteiger partial charge in [-0.3, -0.25) is 0 Å². The van der Waals surface area contributed by atoms with Crippen molar-refractivity contribution in [2.45, 2.75) is 19.0 Å². The molecule has 0 radical (unpaired) electrons. The Labute approximate surface area is 194 Å². The van der Waals surface area contributed by atoms with Gasteiger partial charge in [-0.2, -0.15) is 0 Å². The third kappa shape index (κ3) is 4.22. The van der Waals surface area contributed by atoms with Crippen molar-refractivity contribution < 1.29 is 9.53 Å². The number of rotatable bonds is 5. The molecule has 5 nitrogen and oxygen atoms in total. The van der Waals surface area contributed by atoms with E-state index in [2.05, 4.69) is 46.4 Å². The van der Waals surface area contributed by atoms with Crippen LogP contribution in [0.2, 0.25) is 0 Å². The second kappa shape index (κ2) is 9.25. The van der Waals surface area contributed by atoms with Gasteiger partial charge in [0.2, 0.25) is 0 Å². The molecule has 2 amide bonds. The van der Waals surface area contributed by atoms with E-state index in [1.807, 2.05) is 65.6 Å². The van der Waals surface area contributed by atoms with E-state index in [1.54, 1.807) is 7.11 Å². The lowest BCUT2D eigenvalue weighted by molar-refractivity contribution is 0.180. The number of para-hydroxylation sites is 1. The molecule has 5 rings (SSSR count). The van der Waals surface area contributed by atoms with Crippen LogP contribution in [0.25, 0.3) is 5.69 Å². The first-order valence-corrected chi connectivity index (χ1v) is 11.2. The standard InChI is InChI=1S/C28H27N3O2/c1-33-24-15-13-22(14-16-24)27-26-12-7-19-30(26)25-11-6-5-10-23(25)20-31(27)28(32)29-18-17-21-8-3-2-4-9-21/h2-16,19,27H,17-18,20H2,1H3,(H,29,32). The number of aromatic nitrogens is 1. The minimum absolute atomic E-state index is 0.0730. The molecular formula is C28H27N3O2. The number of benzene rings is 3. The molecule has 166 valence electrons. The summed E-state index contributed by atoms with van der Waals surface area (Å²) >= 11 is 0. The Balaban J connectivity index is 1.49. The largest absolute Gasteiger partial charge is 0.497 e. The molecule has 0 fully saturated rings. The highest BCUT2D eigenvalue weighted by Crippen LogP contribution is 2.37. The minimum atomic E-state index is -0.227. The highest BCUT2D eigenvalue weighted by atomic mass is 16.5. The summed E-state index contributed by atoms with van der Waals surface area (Å²) < 4.78 is 7.55. The Morgan fingerprint density at radius 1 is 0.939 bits per heavy atom. The van der Waals surface area contributed by atoms with Gasteiger partial charge in [0.1, 0.15) is 5.75 Å². The predicted octanol–water partition coefficient (Wildman–Crippen LogP) is 5.34. The number of methoxy groups -OCH3 is 1. The van der Waals surface area contributed by atoms with Crippen molar-refractivity contribution in [3.8, 4) is 11.4 Å². The highest BCUT2D eigenvalue weighted by molar-refractivity contribution is 5.76. The minimum Gasteiger partial charge on any atom is -0.497 e. The van der Waals surface area contributed by atoms with Gasteiger partial charge in [-0.15, -0.1) is 0 Å². The smallest absolute Gasteiger partial charge is 0.318 e. The molecule has 0 saturated carbocycles. The van der Waals surface area contributed by atoms with E-state index < -0.39 is 0 Å². The van der Waals surface area contributed by atoms with Crippen LogP contribution in [0.3, 0.4) is 0 Å². The first kappa shape index (κ1) is 20.9. The number of hydrogen-bond acceptors (Lipinski definition) is 2. The van der Waals surface area contributed by atoms with Crippen molar-refractivity contribution in [3.63, 3.8) is 0 Å². The zero-order chi connectivity index (χ0) is 22.6. The summed E-state index contributed by atoms with van der Waals surface area (Å²) in [5.74, 6) is 0.796. The van der Waals surface area contributed by atoms with E-state index in [1.165, 1.54) is 5.56 Å². The number of carbonyl (C=O) groups excluding carboxylic acids is 1. The lowest BCUT2D eigenvalue weighted by Gasteiger charge is -2.31. The molecule has 0 saturated heterocycles. The maximum absolute atomic E-state index is 13.6. The maximum atomic E-state index is 13.6.